The van der Waals surface area contributed by atoms with Crippen molar-refractivity contribution in [2.24, 2.45) is 5.92 Å². The lowest BCUT2D eigenvalue weighted by molar-refractivity contribution is -0.143. The van der Waals surface area contributed by atoms with Crippen molar-refractivity contribution in [3.8, 4) is 28.7 Å². The smallest absolute Gasteiger partial charge is 0.481 e. The highest BCUT2D eigenvalue weighted by Gasteiger charge is 2.68. The van der Waals surface area contributed by atoms with Crippen LogP contribution in [0.25, 0.3) is 22.0 Å². The van der Waals surface area contributed by atoms with Crippen LogP contribution in [-0.2, 0) is 90.0 Å². The number of halogens is 11. The van der Waals surface area contributed by atoms with Crippen molar-refractivity contribution in [2.45, 2.75) is 120 Å². The number of carboxylic acid groups (broad SMARTS) is 1. The molecule has 1 fully saturated rings. The van der Waals surface area contributed by atoms with Gasteiger partial charge in [-0.2, -0.15) is 45.3 Å². The van der Waals surface area contributed by atoms with Gasteiger partial charge in [0.25, 0.3) is 17.2 Å². The minimum absolute atomic E-state index is 0.0200. The summed E-state index contributed by atoms with van der Waals surface area (Å²) >= 11 is 3.41. The van der Waals surface area contributed by atoms with E-state index >= 15 is 13.2 Å². The second-order valence-electron chi connectivity index (χ2n) is 21.8. The summed E-state index contributed by atoms with van der Waals surface area (Å²) in [4.78, 5) is 64.3. The fourth-order valence-electron chi connectivity index (χ4n) is 10.5. The number of amides is 2. The Kier molecular flexibility index (Phi) is 17.4. The minimum atomic E-state index is -5.39. The second-order valence-corrected chi connectivity index (χ2v) is 26.8. The average Bonchev–Trinajstić information content (AvgIpc) is 1.52. The van der Waals surface area contributed by atoms with E-state index < -0.39 is 199 Å². The number of nitrogens with one attached hydrogen (secondary N) is 1. The van der Waals surface area contributed by atoms with Gasteiger partial charge < -0.3 is 14.9 Å². The number of carboxylic acids is 1. The van der Waals surface area contributed by atoms with E-state index in [2.05, 4.69) is 32.3 Å². The number of pyridine rings is 1. The van der Waals surface area contributed by atoms with Crippen LogP contribution in [0.1, 0.15) is 109 Å². The number of phosphoric ester groups is 1. The van der Waals surface area contributed by atoms with Gasteiger partial charge in [0.2, 0.25) is 11.8 Å². The van der Waals surface area contributed by atoms with E-state index in [-0.39, 0.29) is 48.9 Å². The standard InChI is InChI=1S/C53H49ClF10N7O12PS2/c1-25-15-26(17-41(74)75)16-38(83-84(76,77)78)44(25)49(2,3)21-40(73)71(85(79)80)22-37-43-34(54)11-10-31(46(43)70(67-37)24-51(57,58)59)30-9-8-29(13-14-50(4,5)86(6,81)82)65-45(30)36(19-27-18-28(55)7-12-35(27)56)66-39(72)23-69-48-42(47(68-69)53(62,63)64)32-20-33(32)52(48,60)61/h7-12,15-16,18,32-33,36H,17,19-24H2,1-6H3,(H,66,72)(H,74,75)(H,79,80)(H2,76,77,78)/t32-,33+,36?/m0/s1. The number of alkyl halides is 8. The van der Waals surface area contributed by atoms with E-state index in [0.29, 0.717) is 22.9 Å². The number of sulfone groups is 1. The molecule has 33 heteroatoms. The molecule has 5 N–H and O–H groups in total. The zero-order valence-corrected chi connectivity index (χ0v) is 48.8. The third-order valence-electron chi connectivity index (χ3n) is 14.4. The first-order valence-corrected chi connectivity index (χ1v) is 30.1. The highest BCUT2D eigenvalue weighted by molar-refractivity contribution is 7.92. The molecule has 3 heterocycles. The average molecular weight is 1300 g/mol. The number of phosphoric acid groups is 1. The summed E-state index contributed by atoms with van der Waals surface area (Å²) in [5.74, 6) is -8.24. The topological polar surface area (TPSA) is 273 Å². The summed E-state index contributed by atoms with van der Waals surface area (Å²) in [6, 6.07) is 6.98. The molecule has 3 aromatic carbocycles. The van der Waals surface area contributed by atoms with Crippen LogP contribution in [-0.4, -0.2) is 95.9 Å². The number of rotatable bonds is 19. The summed E-state index contributed by atoms with van der Waals surface area (Å²) < 4.78 is 215. The lowest BCUT2D eigenvalue weighted by Crippen LogP contribution is -2.37. The van der Waals surface area contributed by atoms with Gasteiger partial charge in [-0.1, -0.05) is 43.5 Å². The fraction of sp³-hybridized carbons (Fsp3) is 0.396. The van der Waals surface area contributed by atoms with Crippen LogP contribution >= 0.6 is 19.4 Å². The fourth-order valence-corrected chi connectivity index (χ4v) is 11.9. The summed E-state index contributed by atoms with van der Waals surface area (Å²) in [6.07, 6.45) is -12.2. The Morgan fingerprint density at radius 3 is 2.26 bits per heavy atom. The van der Waals surface area contributed by atoms with Crippen LogP contribution < -0.4 is 9.84 Å². The third kappa shape index (κ3) is 13.8. The molecule has 2 aliphatic carbocycles. The summed E-state index contributed by atoms with van der Waals surface area (Å²) in [7, 11) is -9.34. The number of nitrogens with zero attached hydrogens (tertiary/aromatic N) is 6. The van der Waals surface area contributed by atoms with Gasteiger partial charge in [-0.3, -0.25) is 38.1 Å². The van der Waals surface area contributed by atoms with Crippen LogP contribution in [0, 0.1) is 36.3 Å². The summed E-state index contributed by atoms with van der Waals surface area (Å²) in [5, 5.41) is 18.4. The lowest BCUT2D eigenvalue weighted by atomic mass is 9.78. The Hall–Kier alpha value is -6.94. The molecule has 2 unspecified atom stereocenters. The quantitative estimate of drug-likeness (QED) is 0.0219. The number of aryl methyl sites for hydroxylation is 1. The molecule has 0 radical (unpaired) electrons. The number of hydrogen-bond donors (Lipinski definition) is 5. The molecule has 1 saturated carbocycles. The number of aromatic nitrogens is 5. The van der Waals surface area contributed by atoms with Crippen LogP contribution in [0.3, 0.4) is 0 Å². The molecular weight excluding hydrogens is 1250 g/mol. The first-order chi connectivity index (χ1) is 39.5. The van der Waals surface area contributed by atoms with Crippen molar-refractivity contribution >= 4 is 69.2 Å². The molecule has 6 aromatic rings. The predicted octanol–water partition coefficient (Wildman–Crippen LogP) is 9.53. The maximum atomic E-state index is 15.8. The molecule has 0 spiro atoms. The van der Waals surface area contributed by atoms with Crippen LogP contribution in [0.15, 0.2) is 54.6 Å². The molecule has 2 amide bonds. The number of aliphatic carboxylic acids is 1. The number of carbonyl (C=O) groups is 3. The first kappa shape index (κ1) is 65.0. The zero-order chi connectivity index (χ0) is 63.9. The van der Waals surface area contributed by atoms with E-state index in [1.165, 1.54) is 40.7 Å². The Morgan fingerprint density at radius 1 is 0.988 bits per heavy atom. The molecule has 8 rings (SSSR count). The molecule has 2 aliphatic rings. The summed E-state index contributed by atoms with van der Waals surface area (Å²) in [5.41, 5.74) is -8.44. The monoisotopic (exact) mass is 1300 g/mol. The van der Waals surface area contributed by atoms with Crippen LogP contribution in [0.5, 0.6) is 5.75 Å². The zero-order valence-electron chi connectivity index (χ0n) is 45.5. The van der Waals surface area contributed by atoms with Gasteiger partial charge in [0, 0.05) is 58.1 Å². The van der Waals surface area contributed by atoms with E-state index in [4.69, 9.17) is 16.1 Å². The molecular formula is C53H49ClF10N7O12PS2. The molecule has 19 nitrogen and oxygen atoms in total. The molecule has 0 bridgehead atoms. The maximum Gasteiger partial charge on any atom is 0.524 e. The minimum Gasteiger partial charge on any atom is -0.481 e. The van der Waals surface area contributed by atoms with Gasteiger partial charge in [-0.15, -0.1) is 0 Å². The van der Waals surface area contributed by atoms with Gasteiger partial charge in [-0.05, 0) is 98.2 Å². The van der Waals surface area contributed by atoms with E-state index in [1.807, 2.05) is 0 Å². The molecule has 3 aromatic heterocycles. The van der Waals surface area contributed by atoms with Gasteiger partial charge in [0.05, 0.1) is 40.9 Å². The van der Waals surface area contributed by atoms with Crippen molar-refractivity contribution in [2.75, 3.05) is 6.26 Å². The highest BCUT2D eigenvalue weighted by Crippen LogP contribution is 2.68. The first-order valence-electron chi connectivity index (χ1n) is 25.3. The maximum absolute atomic E-state index is 15.8. The highest BCUT2D eigenvalue weighted by atomic mass is 35.5. The molecule has 86 heavy (non-hydrogen) atoms. The molecule has 462 valence electrons. The lowest BCUT2D eigenvalue weighted by Gasteiger charge is -2.31. The Morgan fingerprint density at radius 2 is 1.65 bits per heavy atom. The van der Waals surface area contributed by atoms with Gasteiger partial charge in [0.15, 0.2) is 15.5 Å². The molecule has 0 saturated heterocycles. The predicted molar refractivity (Wildman–Crippen MR) is 287 cm³/mol. The van der Waals surface area contributed by atoms with Crippen molar-refractivity contribution in [3.63, 3.8) is 0 Å². The van der Waals surface area contributed by atoms with Gasteiger partial charge >= 0.3 is 26.1 Å². The van der Waals surface area contributed by atoms with Crippen molar-refractivity contribution < 1.29 is 99.4 Å². The number of hydrogen-bond acceptors (Lipinski definition) is 11. The Labute approximate surface area is 489 Å². The van der Waals surface area contributed by atoms with Gasteiger partial charge in [0.1, 0.15) is 46.6 Å². The molecule has 4 atom stereocenters. The van der Waals surface area contributed by atoms with Crippen molar-refractivity contribution in [3.05, 3.63) is 128 Å². The van der Waals surface area contributed by atoms with E-state index in [0.717, 1.165) is 36.6 Å². The van der Waals surface area contributed by atoms with Crippen molar-refractivity contribution in [1.29, 1.82) is 0 Å². The van der Waals surface area contributed by atoms with E-state index in [1.54, 1.807) is 0 Å². The summed E-state index contributed by atoms with van der Waals surface area (Å²) in [6.45, 7) is 2.10. The Bertz CT molecular complexity index is 4050. The number of carbonyl (C=O) groups excluding carboxylic acids is 2. The number of benzene rings is 3. The number of fused-ring (bicyclic) bond motifs is 4. The Balaban J connectivity index is 1.29. The largest absolute Gasteiger partial charge is 0.524 e. The van der Waals surface area contributed by atoms with Crippen LogP contribution in [0.4, 0.5) is 43.9 Å². The second kappa shape index (κ2) is 23.0. The van der Waals surface area contributed by atoms with Crippen LogP contribution in [0.2, 0.25) is 5.02 Å². The SMILES string of the molecule is Cc1cc(CC(=O)O)cc(OP(=O)(O)O)c1C(C)(C)CC(=O)N(Cc1nn(CC(F)(F)F)c2c(-c3ccc(C#CC(C)(C)S(C)(=O)=O)nc3C(Cc3cc(F)ccc3F)NC(=O)Cn3nc(C(F)(F)F)c4c3C(F)(F)[C@@H]3C[C@H]43)ccc(Cl)c12)S(=O)O. The normalized spacial score (nSPS) is 16.7. The van der Waals surface area contributed by atoms with Gasteiger partial charge in [-0.25, -0.2) is 35.3 Å². The van der Waals surface area contributed by atoms with E-state index in [9.17, 15) is 81.8 Å². The molecule has 0 aliphatic heterocycles. The van der Waals surface area contributed by atoms with Crippen molar-refractivity contribution in [1.82, 2.24) is 34.2 Å². The third-order valence-corrected chi connectivity index (χ3v) is 17.8.